The molecule has 2 aliphatic carbocycles. The van der Waals surface area contributed by atoms with Crippen LogP contribution in [0.2, 0.25) is 0 Å². The third-order valence-electron chi connectivity index (χ3n) is 4.00. The molecule has 0 fully saturated rings. The molecule has 0 unspecified atom stereocenters. The van der Waals surface area contributed by atoms with Crippen molar-refractivity contribution in [2.45, 2.75) is 25.7 Å². The molecule has 2 aliphatic rings. The predicted molar refractivity (Wildman–Crippen MR) is 79.4 cm³/mol. The summed E-state index contributed by atoms with van der Waals surface area (Å²) < 4.78 is 2.62. The smallest absolute Gasteiger partial charge is 0.00637 e. The maximum Gasteiger partial charge on any atom is 0.00637 e. The minimum absolute atomic E-state index is 0.568. The molecule has 0 aromatic carbocycles. The van der Waals surface area contributed by atoms with Gasteiger partial charge in [-0.2, -0.15) is 0 Å². The Bertz CT molecular complexity index is 221. The first kappa shape index (κ1) is 11.4. The molecule has 0 aliphatic heterocycles. The first-order valence-electron chi connectivity index (χ1n) is 5.21. The third-order valence-corrected chi connectivity index (χ3v) is 6.92. The lowest BCUT2D eigenvalue weighted by Crippen LogP contribution is -2.47. The van der Waals surface area contributed by atoms with Crippen molar-refractivity contribution in [3.05, 3.63) is 24.3 Å². The van der Waals surface area contributed by atoms with Crippen molar-refractivity contribution in [1.29, 1.82) is 0 Å². The molecule has 2 rings (SSSR count). The molecule has 0 radical (unpaired) electrons. The van der Waals surface area contributed by atoms with E-state index in [9.17, 15) is 0 Å². The van der Waals surface area contributed by atoms with E-state index in [-0.39, 0.29) is 0 Å². The van der Waals surface area contributed by atoms with Crippen molar-refractivity contribution in [1.82, 2.24) is 0 Å². The fraction of sp³-hybridized carbons (Fsp3) is 0.667. The Labute approximate surface area is 114 Å². The summed E-state index contributed by atoms with van der Waals surface area (Å²) in [6, 6.07) is 0. The maximum absolute atomic E-state index is 2.59. The van der Waals surface area contributed by atoms with Crippen molar-refractivity contribution in [3.63, 3.8) is 0 Å². The molecule has 0 saturated heterocycles. The minimum atomic E-state index is 0.568. The molecule has 78 valence electrons. The molecule has 2 heteroatoms. The second-order valence-electron chi connectivity index (χ2n) is 4.59. The van der Waals surface area contributed by atoms with Gasteiger partial charge in [-0.3, -0.25) is 0 Å². The lowest BCUT2D eigenvalue weighted by Gasteiger charge is -2.52. The predicted octanol–water partition coefficient (Wildman–Crippen LogP) is 4.53. The normalized spacial score (nSPS) is 41.0. The highest BCUT2D eigenvalue weighted by atomic mass is 127. The third kappa shape index (κ3) is 1.60. The molecule has 0 bridgehead atoms. The number of allylic oxidation sites excluding steroid dienone is 4. The maximum atomic E-state index is 2.59. The summed E-state index contributed by atoms with van der Waals surface area (Å²) in [6.45, 7) is 0. The summed E-state index contributed by atoms with van der Waals surface area (Å²) in [4.78, 5) is 0. The van der Waals surface area contributed by atoms with E-state index in [4.69, 9.17) is 0 Å². The Hall–Kier alpha value is 0.940. The standard InChI is InChI=1S/C12H16I2/c13-9-11-5-1-2-6-12(11,10-14)8-4-3-7-11/h1-4H,5-10H2. The van der Waals surface area contributed by atoms with Gasteiger partial charge in [-0.1, -0.05) is 69.5 Å². The van der Waals surface area contributed by atoms with Gasteiger partial charge in [-0.25, -0.2) is 0 Å². The highest BCUT2D eigenvalue weighted by molar-refractivity contribution is 14.1. The number of fused-ring (bicyclic) bond motifs is 1. The topological polar surface area (TPSA) is 0 Å². The van der Waals surface area contributed by atoms with Gasteiger partial charge in [-0.05, 0) is 36.5 Å². The van der Waals surface area contributed by atoms with Crippen molar-refractivity contribution < 1.29 is 0 Å². The van der Waals surface area contributed by atoms with E-state index in [1.807, 2.05) is 0 Å². The van der Waals surface area contributed by atoms with Crippen molar-refractivity contribution in [3.8, 4) is 0 Å². The highest BCUT2D eigenvalue weighted by Crippen LogP contribution is 2.57. The number of rotatable bonds is 2. The van der Waals surface area contributed by atoms with Crippen LogP contribution in [0.25, 0.3) is 0 Å². The van der Waals surface area contributed by atoms with Gasteiger partial charge in [0.1, 0.15) is 0 Å². The van der Waals surface area contributed by atoms with Crippen LogP contribution in [0.15, 0.2) is 24.3 Å². The molecular weight excluding hydrogens is 398 g/mol. The van der Waals surface area contributed by atoms with Crippen molar-refractivity contribution in [2.75, 3.05) is 8.86 Å². The van der Waals surface area contributed by atoms with Crippen LogP contribution in [0.4, 0.5) is 0 Å². The van der Waals surface area contributed by atoms with E-state index in [0.29, 0.717) is 10.8 Å². The molecule has 0 atom stereocenters. The molecule has 0 N–H and O–H groups in total. The van der Waals surface area contributed by atoms with Gasteiger partial charge in [-0.15, -0.1) is 0 Å². The Kier molecular flexibility index (Phi) is 3.62. The summed E-state index contributed by atoms with van der Waals surface area (Å²) in [7, 11) is 0. The lowest BCUT2D eigenvalue weighted by molar-refractivity contribution is 0.0790. The molecule has 0 saturated carbocycles. The zero-order chi connectivity index (χ0) is 10.1. The van der Waals surface area contributed by atoms with Crippen LogP contribution in [0, 0.1) is 10.8 Å². The molecule has 14 heavy (non-hydrogen) atoms. The van der Waals surface area contributed by atoms with Crippen LogP contribution in [0.3, 0.4) is 0 Å². The Morgan fingerprint density at radius 2 is 1.00 bits per heavy atom. The first-order valence-corrected chi connectivity index (χ1v) is 8.26. The van der Waals surface area contributed by atoms with Gasteiger partial charge in [0.15, 0.2) is 0 Å². The van der Waals surface area contributed by atoms with E-state index in [1.165, 1.54) is 34.5 Å². The quantitative estimate of drug-likeness (QED) is 0.354. The summed E-state index contributed by atoms with van der Waals surface area (Å²) in [5.41, 5.74) is 1.14. The summed E-state index contributed by atoms with van der Waals surface area (Å²) in [6.07, 6.45) is 14.8. The molecule has 0 amide bonds. The number of alkyl halides is 2. The van der Waals surface area contributed by atoms with Gasteiger partial charge in [0.2, 0.25) is 0 Å². The van der Waals surface area contributed by atoms with Crippen LogP contribution < -0.4 is 0 Å². The molecule has 0 heterocycles. The van der Waals surface area contributed by atoms with Crippen LogP contribution in [-0.2, 0) is 0 Å². The second-order valence-corrected chi connectivity index (χ2v) is 6.11. The van der Waals surface area contributed by atoms with E-state index in [1.54, 1.807) is 0 Å². The largest absolute Gasteiger partial charge is 0.0879 e. The van der Waals surface area contributed by atoms with Crippen molar-refractivity contribution in [2.24, 2.45) is 10.8 Å². The van der Waals surface area contributed by atoms with Crippen molar-refractivity contribution >= 4 is 45.2 Å². The lowest BCUT2D eigenvalue weighted by atomic mass is 9.55. The molecular formula is C12H16I2. The summed E-state index contributed by atoms with van der Waals surface area (Å²) in [5, 5.41) is 0. The first-order chi connectivity index (χ1) is 6.79. The zero-order valence-electron chi connectivity index (χ0n) is 8.31. The molecule has 0 nitrogen and oxygen atoms in total. The Morgan fingerprint density at radius 1 is 0.714 bits per heavy atom. The van der Waals surface area contributed by atoms with Crippen LogP contribution in [0.1, 0.15) is 25.7 Å². The minimum Gasteiger partial charge on any atom is -0.0879 e. The fourth-order valence-corrected chi connectivity index (χ4v) is 5.63. The van der Waals surface area contributed by atoms with Gasteiger partial charge >= 0.3 is 0 Å². The average molecular weight is 414 g/mol. The molecule has 0 aromatic rings. The Morgan fingerprint density at radius 3 is 1.21 bits per heavy atom. The highest BCUT2D eigenvalue weighted by Gasteiger charge is 2.49. The fourth-order valence-electron chi connectivity index (χ4n) is 2.77. The monoisotopic (exact) mass is 414 g/mol. The second kappa shape index (κ2) is 4.44. The van der Waals surface area contributed by atoms with E-state index >= 15 is 0 Å². The molecule has 0 spiro atoms. The van der Waals surface area contributed by atoms with Gasteiger partial charge in [0, 0.05) is 8.86 Å². The molecule has 0 aromatic heterocycles. The number of halogens is 2. The summed E-state index contributed by atoms with van der Waals surface area (Å²) in [5.74, 6) is 0. The number of hydrogen-bond acceptors (Lipinski definition) is 0. The van der Waals surface area contributed by atoms with Gasteiger partial charge in [0.05, 0.1) is 0 Å². The number of hydrogen-bond donors (Lipinski definition) is 0. The SMILES string of the molecule is ICC12CC=CCC1(CI)CC=CC2. The van der Waals surface area contributed by atoms with E-state index < -0.39 is 0 Å². The van der Waals surface area contributed by atoms with E-state index in [0.717, 1.165) is 0 Å². The van der Waals surface area contributed by atoms with E-state index in [2.05, 4.69) is 69.5 Å². The van der Waals surface area contributed by atoms with Crippen LogP contribution >= 0.6 is 45.2 Å². The zero-order valence-corrected chi connectivity index (χ0v) is 12.6. The summed E-state index contributed by atoms with van der Waals surface area (Å²) >= 11 is 5.19. The van der Waals surface area contributed by atoms with Gasteiger partial charge < -0.3 is 0 Å². The van der Waals surface area contributed by atoms with Crippen LogP contribution in [-0.4, -0.2) is 8.86 Å². The van der Waals surface area contributed by atoms with Gasteiger partial charge in [0.25, 0.3) is 0 Å². The average Bonchev–Trinajstić information content (AvgIpc) is 2.28. The Balaban J connectivity index is 2.39. The van der Waals surface area contributed by atoms with Crippen LogP contribution in [0.5, 0.6) is 0 Å².